The van der Waals surface area contributed by atoms with Crippen LogP contribution in [0.3, 0.4) is 0 Å². The lowest BCUT2D eigenvalue weighted by Gasteiger charge is -2.39. The Kier molecular flexibility index (Phi) is 2.46. The van der Waals surface area contributed by atoms with Crippen molar-refractivity contribution in [1.82, 2.24) is 15.1 Å². The van der Waals surface area contributed by atoms with E-state index in [1.54, 1.807) is 0 Å². The van der Waals surface area contributed by atoms with Crippen LogP contribution in [-0.4, -0.2) is 28.5 Å². The molecule has 0 atom stereocenters. The Hall–Kier alpha value is -1.03. The van der Waals surface area contributed by atoms with Crippen LogP contribution in [0.2, 0.25) is 0 Å². The molecule has 1 fully saturated rings. The Labute approximate surface area is 90.6 Å². The third-order valence-electron chi connectivity index (χ3n) is 2.96. The zero-order chi connectivity index (χ0) is 11.1. The molecular formula is C11H19N3O. The largest absolute Gasteiger partial charge is 0.481 e. The van der Waals surface area contributed by atoms with Crippen molar-refractivity contribution in [2.24, 2.45) is 0 Å². The predicted octanol–water partition coefficient (Wildman–Crippen LogP) is 1.26. The lowest BCUT2D eigenvalue weighted by atomic mass is 10.00. The second kappa shape index (κ2) is 3.52. The van der Waals surface area contributed by atoms with E-state index in [-0.39, 0.29) is 5.60 Å². The van der Waals surface area contributed by atoms with Gasteiger partial charge in [-0.3, -0.25) is 4.68 Å². The molecule has 0 aliphatic carbocycles. The lowest BCUT2D eigenvalue weighted by molar-refractivity contribution is 0.0334. The van der Waals surface area contributed by atoms with Gasteiger partial charge in [-0.2, -0.15) is 5.10 Å². The second-order valence-electron chi connectivity index (χ2n) is 4.47. The number of aryl methyl sites for hydroxylation is 2. The van der Waals surface area contributed by atoms with Crippen LogP contribution >= 0.6 is 0 Å². The van der Waals surface area contributed by atoms with E-state index >= 15 is 0 Å². The normalized spacial score (nSPS) is 18.7. The fraction of sp³-hybridized carbons (Fsp3) is 0.727. The maximum atomic E-state index is 6.04. The number of aromatic nitrogens is 2. The summed E-state index contributed by atoms with van der Waals surface area (Å²) in [6.45, 7) is 11.0. The van der Waals surface area contributed by atoms with E-state index < -0.39 is 0 Å². The van der Waals surface area contributed by atoms with E-state index in [0.717, 1.165) is 36.8 Å². The minimum absolute atomic E-state index is 0.0445. The van der Waals surface area contributed by atoms with E-state index in [9.17, 15) is 0 Å². The van der Waals surface area contributed by atoms with E-state index in [2.05, 4.69) is 31.2 Å². The highest BCUT2D eigenvalue weighted by molar-refractivity contribution is 5.33. The first-order valence-corrected chi connectivity index (χ1v) is 5.49. The molecule has 4 heteroatoms. The molecule has 1 aliphatic rings. The Balaban J connectivity index is 2.23. The summed E-state index contributed by atoms with van der Waals surface area (Å²) in [4.78, 5) is 0. The Morgan fingerprint density at radius 1 is 1.47 bits per heavy atom. The van der Waals surface area contributed by atoms with Gasteiger partial charge in [0, 0.05) is 19.6 Å². The molecule has 1 aromatic heterocycles. The molecule has 0 aromatic carbocycles. The predicted molar refractivity (Wildman–Crippen MR) is 59.3 cm³/mol. The maximum Gasteiger partial charge on any atom is 0.163 e. The molecule has 84 valence electrons. The third-order valence-corrected chi connectivity index (χ3v) is 2.96. The molecular weight excluding hydrogens is 190 g/mol. The molecule has 0 amide bonds. The van der Waals surface area contributed by atoms with Crippen molar-refractivity contribution >= 4 is 0 Å². The Bertz CT molecular complexity index is 366. The van der Waals surface area contributed by atoms with Gasteiger partial charge in [-0.25, -0.2) is 0 Å². The zero-order valence-electron chi connectivity index (χ0n) is 9.92. The number of hydrogen-bond acceptors (Lipinski definition) is 3. The van der Waals surface area contributed by atoms with E-state index in [1.807, 2.05) is 11.6 Å². The Morgan fingerprint density at radius 2 is 2.13 bits per heavy atom. The smallest absolute Gasteiger partial charge is 0.163 e. The monoisotopic (exact) mass is 209 g/mol. The van der Waals surface area contributed by atoms with Crippen LogP contribution in [0.25, 0.3) is 0 Å². The number of nitrogens with one attached hydrogen (secondary N) is 1. The van der Waals surface area contributed by atoms with Crippen molar-refractivity contribution in [3.05, 3.63) is 11.4 Å². The highest BCUT2D eigenvalue weighted by Crippen LogP contribution is 2.28. The zero-order valence-corrected chi connectivity index (χ0v) is 9.92. The summed E-state index contributed by atoms with van der Waals surface area (Å²) in [7, 11) is 0. The molecule has 15 heavy (non-hydrogen) atoms. The molecule has 1 aromatic rings. The van der Waals surface area contributed by atoms with Crippen molar-refractivity contribution in [2.45, 2.75) is 39.8 Å². The van der Waals surface area contributed by atoms with Crippen LogP contribution < -0.4 is 10.1 Å². The first-order valence-electron chi connectivity index (χ1n) is 5.49. The minimum atomic E-state index is -0.0445. The standard InChI is InChI=1S/C11H19N3O/c1-5-14-9(3)10(8(2)13-14)15-11(4)6-12-7-11/h12H,5-7H2,1-4H3. The molecule has 2 heterocycles. The van der Waals surface area contributed by atoms with Crippen LogP contribution in [0.1, 0.15) is 25.2 Å². The van der Waals surface area contributed by atoms with E-state index in [1.165, 1.54) is 0 Å². The highest BCUT2D eigenvalue weighted by atomic mass is 16.5. The molecule has 1 N–H and O–H groups in total. The fourth-order valence-corrected chi connectivity index (χ4v) is 1.93. The summed E-state index contributed by atoms with van der Waals surface area (Å²) in [6.07, 6.45) is 0. The van der Waals surface area contributed by atoms with Crippen LogP contribution in [0.15, 0.2) is 0 Å². The number of ether oxygens (including phenoxy) is 1. The summed E-state index contributed by atoms with van der Waals surface area (Å²) in [5, 5.41) is 7.67. The average molecular weight is 209 g/mol. The van der Waals surface area contributed by atoms with Crippen LogP contribution in [0.4, 0.5) is 0 Å². The van der Waals surface area contributed by atoms with Gasteiger partial charge in [0.2, 0.25) is 0 Å². The summed E-state index contributed by atoms with van der Waals surface area (Å²) in [6, 6.07) is 0. The van der Waals surface area contributed by atoms with Gasteiger partial charge in [0.15, 0.2) is 5.75 Å². The number of nitrogens with zero attached hydrogens (tertiary/aromatic N) is 2. The summed E-state index contributed by atoms with van der Waals surface area (Å²) >= 11 is 0. The molecule has 0 unspecified atom stereocenters. The van der Waals surface area contributed by atoms with Crippen molar-refractivity contribution in [3.63, 3.8) is 0 Å². The molecule has 2 rings (SSSR count). The third kappa shape index (κ3) is 1.74. The highest BCUT2D eigenvalue weighted by Gasteiger charge is 2.35. The van der Waals surface area contributed by atoms with Gasteiger partial charge in [0.1, 0.15) is 11.3 Å². The van der Waals surface area contributed by atoms with Gasteiger partial charge in [0.25, 0.3) is 0 Å². The van der Waals surface area contributed by atoms with Crippen LogP contribution in [0.5, 0.6) is 5.75 Å². The van der Waals surface area contributed by atoms with E-state index in [4.69, 9.17) is 4.74 Å². The second-order valence-corrected chi connectivity index (χ2v) is 4.47. The van der Waals surface area contributed by atoms with Crippen molar-refractivity contribution in [1.29, 1.82) is 0 Å². The first kappa shape index (κ1) is 10.5. The van der Waals surface area contributed by atoms with Gasteiger partial charge in [0.05, 0.1) is 5.69 Å². The molecule has 0 spiro atoms. The molecule has 0 saturated carbocycles. The molecule has 4 nitrogen and oxygen atoms in total. The van der Waals surface area contributed by atoms with Crippen LogP contribution in [-0.2, 0) is 6.54 Å². The number of rotatable bonds is 3. The van der Waals surface area contributed by atoms with Crippen LogP contribution in [0, 0.1) is 13.8 Å². The molecule has 0 radical (unpaired) electrons. The van der Waals surface area contributed by atoms with Crippen molar-refractivity contribution < 1.29 is 4.74 Å². The molecule has 1 saturated heterocycles. The fourth-order valence-electron chi connectivity index (χ4n) is 1.93. The van der Waals surface area contributed by atoms with Gasteiger partial charge < -0.3 is 10.1 Å². The van der Waals surface area contributed by atoms with Crippen molar-refractivity contribution in [3.8, 4) is 5.75 Å². The Morgan fingerprint density at radius 3 is 2.53 bits per heavy atom. The average Bonchev–Trinajstić information content (AvgIpc) is 2.42. The summed E-state index contributed by atoms with van der Waals surface area (Å²) in [5.74, 6) is 0.959. The van der Waals surface area contributed by atoms with Gasteiger partial charge in [-0.1, -0.05) is 0 Å². The van der Waals surface area contributed by atoms with Gasteiger partial charge in [-0.15, -0.1) is 0 Å². The lowest BCUT2D eigenvalue weighted by Crippen LogP contribution is -2.61. The summed E-state index contributed by atoms with van der Waals surface area (Å²) in [5.41, 5.74) is 2.07. The maximum absolute atomic E-state index is 6.04. The minimum Gasteiger partial charge on any atom is -0.481 e. The van der Waals surface area contributed by atoms with Gasteiger partial charge >= 0.3 is 0 Å². The molecule has 0 bridgehead atoms. The molecule has 1 aliphatic heterocycles. The summed E-state index contributed by atoms with van der Waals surface area (Å²) < 4.78 is 8.02. The SMILES string of the molecule is CCn1nc(C)c(OC2(C)CNC2)c1C. The van der Waals surface area contributed by atoms with E-state index in [0.29, 0.717) is 0 Å². The quantitative estimate of drug-likeness (QED) is 0.814. The first-order chi connectivity index (χ1) is 7.06. The number of hydrogen-bond donors (Lipinski definition) is 1. The van der Waals surface area contributed by atoms with Gasteiger partial charge in [-0.05, 0) is 27.7 Å². The topological polar surface area (TPSA) is 39.1 Å². The van der Waals surface area contributed by atoms with Crippen molar-refractivity contribution in [2.75, 3.05) is 13.1 Å².